The van der Waals surface area contributed by atoms with E-state index in [2.05, 4.69) is 10.1 Å². The lowest BCUT2D eigenvalue weighted by atomic mass is 10.1. The van der Waals surface area contributed by atoms with Crippen molar-refractivity contribution in [2.45, 2.75) is 32.8 Å². The molecule has 2 rings (SSSR count). The molecule has 1 N–H and O–H groups in total. The van der Waals surface area contributed by atoms with E-state index in [-0.39, 0.29) is 11.1 Å². The van der Waals surface area contributed by atoms with Gasteiger partial charge in [-0.05, 0) is 57.0 Å². The number of nitro benzene ring substituents is 1. The number of benzene rings is 2. The molecule has 10 nitrogen and oxygen atoms in total. The van der Waals surface area contributed by atoms with Crippen molar-refractivity contribution in [2.24, 2.45) is 0 Å². The van der Waals surface area contributed by atoms with Crippen molar-refractivity contribution < 1.29 is 28.8 Å². The Balaban J connectivity index is 2.03. The Morgan fingerprint density at radius 2 is 1.73 bits per heavy atom. The predicted molar refractivity (Wildman–Crippen MR) is 121 cm³/mol. The first-order valence-electron chi connectivity index (χ1n) is 10.1. The molecule has 0 aliphatic carbocycles. The molecule has 2 aromatic rings. The summed E-state index contributed by atoms with van der Waals surface area (Å²) in [5.74, 6) is -1.42. The molecule has 0 fully saturated rings. The summed E-state index contributed by atoms with van der Waals surface area (Å²) in [6, 6.07) is 10.4. The smallest absolute Gasteiger partial charge is 0.410 e. The van der Waals surface area contributed by atoms with Crippen LogP contribution in [0.1, 0.15) is 47.1 Å². The van der Waals surface area contributed by atoms with Crippen LogP contribution in [0.3, 0.4) is 0 Å². The van der Waals surface area contributed by atoms with Crippen LogP contribution in [0.2, 0.25) is 0 Å². The van der Waals surface area contributed by atoms with E-state index < -0.39 is 34.2 Å². The fourth-order valence-corrected chi connectivity index (χ4v) is 2.80. The number of rotatable bonds is 7. The van der Waals surface area contributed by atoms with Gasteiger partial charge in [0.25, 0.3) is 11.6 Å². The minimum Gasteiger partial charge on any atom is -0.465 e. The van der Waals surface area contributed by atoms with Gasteiger partial charge in [-0.15, -0.1) is 0 Å². The Morgan fingerprint density at radius 1 is 1.09 bits per heavy atom. The number of methoxy groups -OCH3 is 1. The van der Waals surface area contributed by atoms with E-state index in [1.807, 2.05) is 0 Å². The minimum atomic E-state index is -0.738. The molecular weight excluding hydrogens is 430 g/mol. The van der Waals surface area contributed by atoms with Crippen LogP contribution in [0.4, 0.5) is 16.2 Å². The van der Waals surface area contributed by atoms with Gasteiger partial charge in [0.15, 0.2) is 0 Å². The third-order valence-electron chi connectivity index (χ3n) is 4.51. The van der Waals surface area contributed by atoms with Crippen LogP contribution in [0.15, 0.2) is 42.5 Å². The van der Waals surface area contributed by atoms with Gasteiger partial charge in [0.2, 0.25) is 0 Å². The minimum absolute atomic E-state index is 0.0264. The second-order valence-corrected chi connectivity index (χ2v) is 8.28. The molecular formula is C23H27N3O7. The Kier molecular flexibility index (Phi) is 8.11. The quantitative estimate of drug-likeness (QED) is 0.377. The van der Waals surface area contributed by atoms with Crippen molar-refractivity contribution in [3.63, 3.8) is 0 Å². The summed E-state index contributed by atoms with van der Waals surface area (Å²) < 4.78 is 9.87. The van der Waals surface area contributed by atoms with Crippen LogP contribution in [0.25, 0.3) is 0 Å². The second kappa shape index (κ2) is 10.6. The molecule has 0 saturated heterocycles. The number of carbonyl (C=O) groups is 3. The number of ether oxygens (including phenoxy) is 2. The summed E-state index contributed by atoms with van der Waals surface area (Å²) >= 11 is 0. The van der Waals surface area contributed by atoms with Gasteiger partial charge in [-0.25, -0.2) is 9.59 Å². The van der Waals surface area contributed by atoms with Crippen molar-refractivity contribution in [3.05, 3.63) is 69.3 Å². The SMILES string of the molecule is COC(=O)c1ccc(C(=O)Nc2ccc(CCN(C)C(=O)OC(C)(C)C)cc2)c([N+](=O)[O-])c1. The highest BCUT2D eigenvalue weighted by atomic mass is 16.6. The van der Waals surface area contributed by atoms with Gasteiger partial charge in [-0.1, -0.05) is 12.1 Å². The molecule has 0 aliphatic rings. The summed E-state index contributed by atoms with van der Waals surface area (Å²) in [4.78, 5) is 48.4. The zero-order valence-electron chi connectivity index (χ0n) is 19.2. The predicted octanol–water partition coefficient (Wildman–Crippen LogP) is 4.04. The molecule has 2 amide bonds. The van der Waals surface area contributed by atoms with Crippen LogP contribution < -0.4 is 5.32 Å². The van der Waals surface area contributed by atoms with Crippen molar-refractivity contribution in [1.82, 2.24) is 4.90 Å². The summed E-state index contributed by atoms with van der Waals surface area (Å²) in [6.07, 6.45) is 0.163. The van der Waals surface area contributed by atoms with Gasteiger partial charge in [0.05, 0.1) is 17.6 Å². The molecule has 10 heteroatoms. The number of carbonyl (C=O) groups excluding carboxylic acids is 3. The van der Waals surface area contributed by atoms with Crippen LogP contribution in [0.5, 0.6) is 0 Å². The summed E-state index contributed by atoms with van der Waals surface area (Å²) in [7, 11) is 2.81. The summed E-state index contributed by atoms with van der Waals surface area (Å²) in [6.45, 7) is 5.84. The Labute approximate surface area is 191 Å². The Morgan fingerprint density at radius 3 is 2.27 bits per heavy atom. The van der Waals surface area contributed by atoms with E-state index in [0.29, 0.717) is 18.7 Å². The second-order valence-electron chi connectivity index (χ2n) is 8.28. The zero-order valence-corrected chi connectivity index (χ0v) is 19.2. The fourth-order valence-electron chi connectivity index (χ4n) is 2.80. The normalized spacial score (nSPS) is 10.8. The summed E-state index contributed by atoms with van der Waals surface area (Å²) in [5.41, 5.74) is 0.0849. The van der Waals surface area contributed by atoms with Crippen LogP contribution in [0, 0.1) is 10.1 Å². The van der Waals surface area contributed by atoms with Crippen LogP contribution >= 0.6 is 0 Å². The van der Waals surface area contributed by atoms with Gasteiger partial charge in [-0.3, -0.25) is 14.9 Å². The Bertz CT molecular complexity index is 1040. The Hall–Kier alpha value is -3.95. The van der Waals surface area contributed by atoms with Crippen molar-refractivity contribution >= 4 is 29.3 Å². The molecule has 0 radical (unpaired) electrons. The number of hydrogen-bond acceptors (Lipinski definition) is 7. The van der Waals surface area contributed by atoms with E-state index in [4.69, 9.17) is 4.74 Å². The number of esters is 1. The average Bonchev–Trinajstić information content (AvgIpc) is 2.76. The first-order valence-corrected chi connectivity index (χ1v) is 10.1. The highest BCUT2D eigenvalue weighted by Crippen LogP contribution is 2.23. The molecule has 0 heterocycles. The molecule has 0 aromatic heterocycles. The monoisotopic (exact) mass is 457 g/mol. The lowest BCUT2D eigenvalue weighted by molar-refractivity contribution is -0.385. The van der Waals surface area contributed by atoms with Gasteiger partial charge in [-0.2, -0.15) is 0 Å². The highest BCUT2D eigenvalue weighted by molar-refractivity contribution is 6.07. The molecule has 0 aliphatic heterocycles. The van der Waals surface area contributed by atoms with Crippen LogP contribution in [-0.4, -0.2) is 54.1 Å². The largest absolute Gasteiger partial charge is 0.465 e. The maximum absolute atomic E-state index is 12.6. The topological polar surface area (TPSA) is 128 Å². The van der Waals surface area contributed by atoms with Crippen molar-refractivity contribution in [1.29, 1.82) is 0 Å². The van der Waals surface area contributed by atoms with E-state index in [0.717, 1.165) is 18.7 Å². The fraction of sp³-hybridized carbons (Fsp3) is 0.348. The van der Waals surface area contributed by atoms with E-state index in [1.54, 1.807) is 52.1 Å². The maximum Gasteiger partial charge on any atom is 0.410 e. The third kappa shape index (κ3) is 7.30. The van der Waals surface area contributed by atoms with Gasteiger partial charge in [0.1, 0.15) is 11.2 Å². The molecule has 33 heavy (non-hydrogen) atoms. The molecule has 2 aromatic carbocycles. The molecule has 176 valence electrons. The molecule has 0 saturated carbocycles. The van der Waals surface area contributed by atoms with Crippen molar-refractivity contribution in [2.75, 3.05) is 26.0 Å². The molecule has 0 bridgehead atoms. The lowest BCUT2D eigenvalue weighted by Gasteiger charge is -2.24. The van der Waals surface area contributed by atoms with Crippen molar-refractivity contribution in [3.8, 4) is 0 Å². The van der Waals surface area contributed by atoms with Gasteiger partial charge >= 0.3 is 12.1 Å². The summed E-state index contributed by atoms with van der Waals surface area (Å²) in [5, 5.41) is 14.0. The van der Waals surface area contributed by atoms with Gasteiger partial charge in [0, 0.05) is 25.3 Å². The average molecular weight is 457 g/mol. The number of likely N-dealkylation sites (N-methyl/N-ethyl adjacent to an activating group) is 1. The van der Waals surface area contributed by atoms with E-state index >= 15 is 0 Å². The first kappa shape index (κ1) is 25.3. The zero-order chi connectivity index (χ0) is 24.8. The maximum atomic E-state index is 12.6. The van der Waals surface area contributed by atoms with Crippen LogP contribution in [-0.2, 0) is 15.9 Å². The third-order valence-corrected chi connectivity index (χ3v) is 4.51. The molecule has 0 spiro atoms. The highest BCUT2D eigenvalue weighted by Gasteiger charge is 2.23. The number of anilines is 1. The van der Waals surface area contributed by atoms with E-state index in [9.17, 15) is 24.5 Å². The van der Waals surface area contributed by atoms with Gasteiger partial charge < -0.3 is 19.7 Å². The standard InChI is InChI=1S/C23H27N3O7/c1-23(2,3)33-22(29)25(4)13-12-15-6-9-17(10-7-15)24-20(27)18-11-8-16(21(28)32-5)14-19(18)26(30)31/h6-11,14H,12-13H2,1-5H3,(H,24,27). The number of hydrogen-bond donors (Lipinski definition) is 1. The lowest BCUT2D eigenvalue weighted by Crippen LogP contribution is -2.35. The number of nitrogens with zero attached hydrogens (tertiary/aromatic N) is 2. The first-order chi connectivity index (χ1) is 15.4. The number of amides is 2. The number of nitro groups is 1. The van der Waals surface area contributed by atoms with E-state index in [1.165, 1.54) is 17.0 Å². The molecule has 0 atom stereocenters. The number of nitrogens with one attached hydrogen (secondary N) is 1. The molecule has 0 unspecified atom stereocenters.